The molecule has 0 N–H and O–H groups in total. The number of hydrogen-bond donors (Lipinski definition) is 0. The molecule has 3 rings (SSSR count). The molecule has 0 unspecified atom stereocenters. The summed E-state index contributed by atoms with van der Waals surface area (Å²) in [5.74, 6) is 0.215. The SMILES string of the molecule is N#Cc1ccccc1N1CCN(C(=O)CCc2ccccc2)CC1. The summed E-state index contributed by atoms with van der Waals surface area (Å²) < 4.78 is 0. The lowest BCUT2D eigenvalue weighted by atomic mass is 10.1. The third-order valence-corrected chi connectivity index (χ3v) is 4.47. The summed E-state index contributed by atoms with van der Waals surface area (Å²) in [4.78, 5) is 16.5. The third-order valence-electron chi connectivity index (χ3n) is 4.47. The topological polar surface area (TPSA) is 47.3 Å². The van der Waals surface area contributed by atoms with E-state index in [1.807, 2.05) is 47.4 Å². The van der Waals surface area contributed by atoms with Gasteiger partial charge >= 0.3 is 0 Å². The average molecular weight is 319 g/mol. The van der Waals surface area contributed by atoms with Crippen LogP contribution in [0.1, 0.15) is 17.5 Å². The van der Waals surface area contributed by atoms with Gasteiger partial charge in [0.2, 0.25) is 5.91 Å². The first-order chi connectivity index (χ1) is 11.8. The smallest absolute Gasteiger partial charge is 0.223 e. The van der Waals surface area contributed by atoms with Crippen LogP contribution in [0.2, 0.25) is 0 Å². The van der Waals surface area contributed by atoms with Gasteiger partial charge in [0.05, 0.1) is 11.3 Å². The molecule has 0 bridgehead atoms. The Balaban J connectivity index is 1.53. The molecule has 1 amide bonds. The maximum Gasteiger partial charge on any atom is 0.223 e. The van der Waals surface area contributed by atoms with Crippen molar-refractivity contribution < 1.29 is 4.79 Å². The highest BCUT2D eigenvalue weighted by Gasteiger charge is 2.22. The van der Waals surface area contributed by atoms with E-state index in [0.29, 0.717) is 25.1 Å². The molecule has 24 heavy (non-hydrogen) atoms. The van der Waals surface area contributed by atoms with E-state index in [4.69, 9.17) is 0 Å². The van der Waals surface area contributed by atoms with Crippen molar-refractivity contribution in [1.82, 2.24) is 4.90 Å². The van der Waals surface area contributed by atoms with Crippen molar-refractivity contribution in [3.8, 4) is 6.07 Å². The standard InChI is InChI=1S/C20H21N3O/c21-16-18-8-4-5-9-19(18)22-12-14-23(15-13-22)20(24)11-10-17-6-2-1-3-7-17/h1-9H,10-15H2. The number of piperazine rings is 1. The van der Waals surface area contributed by atoms with E-state index >= 15 is 0 Å². The van der Waals surface area contributed by atoms with Gasteiger partial charge in [-0.3, -0.25) is 4.79 Å². The van der Waals surface area contributed by atoms with Crippen molar-refractivity contribution in [3.05, 3.63) is 65.7 Å². The number of aryl methyl sites for hydroxylation is 1. The number of hydrogen-bond acceptors (Lipinski definition) is 3. The largest absolute Gasteiger partial charge is 0.367 e. The molecule has 2 aromatic carbocycles. The van der Waals surface area contributed by atoms with E-state index < -0.39 is 0 Å². The van der Waals surface area contributed by atoms with Crippen LogP contribution in [0.4, 0.5) is 5.69 Å². The Morgan fingerprint density at radius 2 is 1.62 bits per heavy atom. The van der Waals surface area contributed by atoms with Gasteiger partial charge in [-0.1, -0.05) is 42.5 Å². The molecule has 1 aliphatic rings. The van der Waals surface area contributed by atoms with Crippen molar-refractivity contribution in [1.29, 1.82) is 5.26 Å². The van der Waals surface area contributed by atoms with Gasteiger partial charge in [-0.2, -0.15) is 5.26 Å². The van der Waals surface area contributed by atoms with E-state index in [1.165, 1.54) is 5.56 Å². The second-order valence-corrected chi connectivity index (χ2v) is 5.98. The lowest BCUT2D eigenvalue weighted by Gasteiger charge is -2.36. The Morgan fingerprint density at radius 3 is 2.33 bits per heavy atom. The van der Waals surface area contributed by atoms with Crippen LogP contribution in [-0.2, 0) is 11.2 Å². The van der Waals surface area contributed by atoms with Gasteiger partial charge in [0.25, 0.3) is 0 Å². The Labute approximate surface area is 142 Å². The molecule has 0 radical (unpaired) electrons. The Kier molecular flexibility index (Phi) is 5.12. The number of anilines is 1. The Morgan fingerprint density at radius 1 is 0.958 bits per heavy atom. The van der Waals surface area contributed by atoms with Crippen LogP contribution >= 0.6 is 0 Å². The summed E-state index contributed by atoms with van der Waals surface area (Å²) >= 11 is 0. The minimum absolute atomic E-state index is 0.215. The first-order valence-corrected chi connectivity index (χ1v) is 8.33. The second kappa shape index (κ2) is 7.65. The van der Waals surface area contributed by atoms with Crippen molar-refractivity contribution in [3.63, 3.8) is 0 Å². The van der Waals surface area contributed by atoms with Crippen LogP contribution in [-0.4, -0.2) is 37.0 Å². The molecule has 0 aromatic heterocycles. The number of rotatable bonds is 4. The van der Waals surface area contributed by atoms with Crippen LogP contribution in [0, 0.1) is 11.3 Å². The van der Waals surface area contributed by atoms with Gasteiger partial charge in [0, 0.05) is 32.6 Å². The molecule has 2 aromatic rings. The van der Waals surface area contributed by atoms with E-state index in [9.17, 15) is 10.1 Å². The lowest BCUT2D eigenvalue weighted by Crippen LogP contribution is -2.49. The number of benzene rings is 2. The van der Waals surface area contributed by atoms with E-state index in [2.05, 4.69) is 23.1 Å². The third kappa shape index (κ3) is 3.75. The molecule has 0 aliphatic carbocycles. The fraction of sp³-hybridized carbons (Fsp3) is 0.300. The molecule has 1 heterocycles. The predicted molar refractivity (Wildman–Crippen MR) is 94.7 cm³/mol. The fourth-order valence-electron chi connectivity index (χ4n) is 3.09. The first-order valence-electron chi connectivity index (χ1n) is 8.33. The van der Waals surface area contributed by atoms with Gasteiger partial charge in [-0.25, -0.2) is 0 Å². The monoisotopic (exact) mass is 319 g/mol. The van der Waals surface area contributed by atoms with Gasteiger partial charge in [0.15, 0.2) is 0 Å². The zero-order chi connectivity index (χ0) is 16.8. The van der Waals surface area contributed by atoms with Crippen LogP contribution in [0.25, 0.3) is 0 Å². The minimum Gasteiger partial charge on any atom is -0.367 e. The number of nitriles is 1. The quantitative estimate of drug-likeness (QED) is 0.870. The number of carbonyl (C=O) groups excluding carboxylic acids is 1. The van der Waals surface area contributed by atoms with Gasteiger partial charge < -0.3 is 9.80 Å². The van der Waals surface area contributed by atoms with E-state index in [0.717, 1.165) is 25.2 Å². The minimum atomic E-state index is 0.215. The maximum absolute atomic E-state index is 12.4. The van der Waals surface area contributed by atoms with Crippen molar-refractivity contribution in [2.75, 3.05) is 31.1 Å². The fourth-order valence-corrected chi connectivity index (χ4v) is 3.09. The zero-order valence-electron chi connectivity index (χ0n) is 13.7. The predicted octanol–water partition coefficient (Wildman–Crippen LogP) is 2.84. The molecule has 1 saturated heterocycles. The summed E-state index contributed by atoms with van der Waals surface area (Å²) in [6, 6.07) is 20.0. The van der Waals surface area contributed by atoms with E-state index in [-0.39, 0.29) is 5.91 Å². The molecule has 1 aliphatic heterocycles. The summed E-state index contributed by atoms with van der Waals surface area (Å²) in [5, 5.41) is 9.23. The average Bonchev–Trinajstić information content (AvgIpc) is 2.67. The highest BCUT2D eigenvalue weighted by atomic mass is 16.2. The lowest BCUT2D eigenvalue weighted by molar-refractivity contribution is -0.131. The summed E-state index contributed by atoms with van der Waals surface area (Å²) in [5.41, 5.74) is 2.87. The van der Waals surface area contributed by atoms with Crippen LogP contribution in [0.3, 0.4) is 0 Å². The highest BCUT2D eigenvalue weighted by molar-refractivity contribution is 5.77. The highest BCUT2D eigenvalue weighted by Crippen LogP contribution is 2.21. The maximum atomic E-state index is 12.4. The van der Waals surface area contributed by atoms with Crippen LogP contribution < -0.4 is 4.90 Å². The van der Waals surface area contributed by atoms with Crippen molar-refractivity contribution in [2.24, 2.45) is 0 Å². The summed E-state index contributed by atoms with van der Waals surface area (Å²) in [6.45, 7) is 2.98. The summed E-state index contributed by atoms with van der Waals surface area (Å²) in [6.07, 6.45) is 1.34. The molecule has 4 heteroatoms. The molecule has 0 atom stereocenters. The molecule has 122 valence electrons. The molecule has 1 fully saturated rings. The number of para-hydroxylation sites is 1. The van der Waals surface area contributed by atoms with Crippen molar-refractivity contribution >= 4 is 11.6 Å². The Bertz CT molecular complexity index is 728. The van der Waals surface area contributed by atoms with Gasteiger partial charge in [-0.15, -0.1) is 0 Å². The molecule has 4 nitrogen and oxygen atoms in total. The van der Waals surface area contributed by atoms with Gasteiger partial charge in [-0.05, 0) is 24.1 Å². The number of carbonyl (C=O) groups is 1. The zero-order valence-corrected chi connectivity index (χ0v) is 13.7. The second-order valence-electron chi connectivity index (χ2n) is 5.98. The molecular formula is C20H21N3O. The van der Waals surface area contributed by atoms with Crippen LogP contribution in [0.15, 0.2) is 54.6 Å². The number of nitrogens with zero attached hydrogens (tertiary/aromatic N) is 3. The number of amides is 1. The van der Waals surface area contributed by atoms with Crippen molar-refractivity contribution in [2.45, 2.75) is 12.8 Å². The van der Waals surface area contributed by atoms with E-state index in [1.54, 1.807) is 0 Å². The summed E-state index contributed by atoms with van der Waals surface area (Å²) in [7, 11) is 0. The Hall–Kier alpha value is -2.80. The van der Waals surface area contributed by atoms with Gasteiger partial charge in [0.1, 0.15) is 6.07 Å². The molecular weight excluding hydrogens is 298 g/mol. The molecule has 0 spiro atoms. The normalized spacial score (nSPS) is 14.3. The molecule has 0 saturated carbocycles. The van der Waals surface area contributed by atoms with Crippen LogP contribution in [0.5, 0.6) is 0 Å². The first kappa shape index (κ1) is 16.1.